The van der Waals surface area contributed by atoms with Gasteiger partial charge in [-0.25, -0.2) is 9.59 Å². The lowest BCUT2D eigenvalue weighted by Crippen LogP contribution is -2.43. The molecular weight excluding hydrogens is 378 g/mol. The van der Waals surface area contributed by atoms with Crippen molar-refractivity contribution in [2.24, 2.45) is 7.05 Å². The summed E-state index contributed by atoms with van der Waals surface area (Å²) >= 11 is 0. The molecule has 9 nitrogen and oxygen atoms in total. The fourth-order valence-electron chi connectivity index (χ4n) is 2.71. The number of carbonyl (C=O) groups excluding carboxylic acids is 2. The molecule has 2 aromatic rings. The Bertz CT molecular complexity index is 1020. The van der Waals surface area contributed by atoms with Crippen LogP contribution in [-0.2, 0) is 18.3 Å². The first-order valence-corrected chi connectivity index (χ1v) is 9.23. The van der Waals surface area contributed by atoms with E-state index >= 15 is 0 Å². The quantitative estimate of drug-likeness (QED) is 0.521. The minimum absolute atomic E-state index is 0.00512. The molecule has 0 aliphatic rings. The number of aromatic nitrogens is 2. The SMILES string of the molecule is CCCn1c(N)c(C(=O)COC(=O)c2ccc(OC(C)C)cc2)c(=O)n(C)c1=O. The molecule has 0 radical (unpaired) electrons. The Balaban J connectivity index is 2.18. The highest BCUT2D eigenvalue weighted by Crippen LogP contribution is 2.15. The number of anilines is 1. The van der Waals surface area contributed by atoms with Crippen molar-refractivity contribution < 1.29 is 19.1 Å². The lowest BCUT2D eigenvalue weighted by atomic mass is 10.2. The van der Waals surface area contributed by atoms with Gasteiger partial charge in [0.1, 0.15) is 17.1 Å². The van der Waals surface area contributed by atoms with Gasteiger partial charge in [-0.05, 0) is 44.5 Å². The molecule has 0 saturated carbocycles. The average Bonchev–Trinajstić information content (AvgIpc) is 2.68. The molecule has 156 valence electrons. The molecule has 0 atom stereocenters. The zero-order chi connectivity index (χ0) is 21.7. The summed E-state index contributed by atoms with van der Waals surface area (Å²) in [5, 5.41) is 0. The summed E-state index contributed by atoms with van der Waals surface area (Å²) in [4.78, 5) is 49.2. The molecule has 0 amide bonds. The van der Waals surface area contributed by atoms with E-state index in [4.69, 9.17) is 15.2 Å². The highest BCUT2D eigenvalue weighted by atomic mass is 16.5. The minimum atomic E-state index is -0.823. The summed E-state index contributed by atoms with van der Waals surface area (Å²) in [6.45, 7) is 5.18. The van der Waals surface area contributed by atoms with Gasteiger partial charge in [0.2, 0.25) is 5.78 Å². The summed E-state index contributed by atoms with van der Waals surface area (Å²) in [7, 11) is 1.26. The monoisotopic (exact) mass is 403 g/mol. The van der Waals surface area contributed by atoms with Crippen LogP contribution in [0.1, 0.15) is 47.9 Å². The van der Waals surface area contributed by atoms with Crippen LogP contribution < -0.4 is 21.7 Å². The lowest BCUT2D eigenvalue weighted by molar-refractivity contribution is 0.0474. The minimum Gasteiger partial charge on any atom is -0.491 e. The van der Waals surface area contributed by atoms with Gasteiger partial charge in [-0.2, -0.15) is 0 Å². The first kappa shape index (κ1) is 21.9. The van der Waals surface area contributed by atoms with Gasteiger partial charge >= 0.3 is 11.7 Å². The second-order valence-corrected chi connectivity index (χ2v) is 6.75. The topological polar surface area (TPSA) is 123 Å². The Morgan fingerprint density at radius 2 is 1.76 bits per heavy atom. The normalized spacial score (nSPS) is 10.8. The third-order valence-electron chi connectivity index (χ3n) is 4.11. The number of hydrogen-bond donors (Lipinski definition) is 1. The van der Waals surface area contributed by atoms with Crippen molar-refractivity contribution in [1.29, 1.82) is 0 Å². The molecule has 0 aliphatic heterocycles. The van der Waals surface area contributed by atoms with Crippen LogP contribution in [0.5, 0.6) is 5.75 Å². The van der Waals surface area contributed by atoms with Crippen molar-refractivity contribution in [2.75, 3.05) is 12.3 Å². The Hall–Kier alpha value is -3.36. The number of nitrogen functional groups attached to an aromatic ring is 1. The Morgan fingerprint density at radius 1 is 1.14 bits per heavy atom. The van der Waals surface area contributed by atoms with Crippen molar-refractivity contribution in [2.45, 2.75) is 39.8 Å². The van der Waals surface area contributed by atoms with E-state index in [1.807, 2.05) is 20.8 Å². The number of nitrogens with two attached hydrogens (primary N) is 1. The maximum atomic E-state index is 12.5. The largest absolute Gasteiger partial charge is 0.491 e. The third kappa shape index (κ3) is 4.92. The predicted octanol–water partition coefficient (Wildman–Crippen LogP) is 1.37. The number of ketones is 1. The summed E-state index contributed by atoms with van der Waals surface area (Å²) < 4.78 is 12.5. The lowest BCUT2D eigenvalue weighted by Gasteiger charge is -2.14. The van der Waals surface area contributed by atoms with Crippen LogP contribution >= 0.6 is 0 Å². The van der Waals surface area contributed by atoms with Gasteiger partial charge in [0.15, 0.2) is 6.61 Å². The van der Waals surface area contributed by atoms with E-state index in [9.17, 15) is 19.2 Å². The Labute approximate surface area is 167 Å². The maximum Gasteiger partial charge on any atom is 0.338 e. The van der Waals surface area contributed by atoms with Crippen LogP contribution in [0, 0.1) is 0 Å². The van der Waals surface area contributed by atoms with Crippen molar-refractivity contribution in [1.82, 2.24) is 9.13 Å². The van der Waals surface area contributed by atoms with E-state index in [-0.39, 0.29) is 29.6 Å². The number of ether oxygens (including phenoxy) is 2. The van der Waals surface area contributed by atoms with Gasteiger partial charge in [-0.3, -0.25) is 18.7 Å². The van der Waals surface area contributed by atoms with Crippen LogP contribution in [0.15, 0.2) is 33.9 Å². The highest BCUT2D eigenvalue weighted by molar-refractivity contribution is 6.02. The van der Waals surface area contributed by atoms with E-state index in [1.165, 1.54) is 19.2 Å². The van der Waals surface area contributed by atoms with Gasteiger partial charge in [0, 0.05) is 13.6 Å². The molecule has 0 fully saturated rings. The number of benzene rings is 1. The smallest absolute Gasteiger partial charge is 0.338 e. The Morgan fingerprint density at radius 3 is 2.31 bits per heavy atom. The first-order valence-electron chi connectivity index (χ1n) is 9.23. The molecule has 1 heterocycles. The fraction of sp³-hybridized carbons (Fsp3) is 0.400. The number of esters is 1. The number of nitrogens with zero attached hydrogens (tertiary/aromatic N) is 2. The molecule has 0 saturated heterocycles. The molecule has 0 unspecified atom stereocenters. The van der Waals surface area contributed by atoms with Gasteiger partial charge in [0.05, 0.1) is 11.7 Å². The molecule has 1 aromatic heterocycles. The molecular formula is C20H25N3O6. The van der Waals surface area contributed by atoms with E-state index in [2.05, 4.69) is 0 Å². The molecule has 9 heteroatoms. The van der Waals surface area contributed by atoms with Crippen molar-refractivity contribution in [3.05, 3.63) is 56.2 Å². The van der Waals surface area contributed by atoms with Crippen LogP contribution in [0.4, 0.5) is 5.82 Å². The molecule has 29 heavy (non-hydrogen) atoms. The van der Waals surface area contributed by atoms with E-state index in [0.29, 0.717) is 12.2 Å². The molecule has 1 aromatic carbocycles. The van der Waals surface area contributed by atoms with Crippen LogP contribution in [0.3, 0.4) is 0 Å². The van der Waals surface area contributed by atoms with Crippen LogP contribution in [0.25, 0.3) is 0 Å². The zero-order valence-corrected chi connectivity index (χ0v) is 16.9. The summed E-state index contributed by atoms with van der Waals surface area (Å²) in [5.74, 6) is -1.13. The van der Waals surface area contributed by atoms with Crippen LogP contribution in [0.2, 0.25) is 0 Å². The molecule has 2 N–H and O–H groups in total. The predicted molar refractivity (Wildman–Crippen MR) is 107 cm³/mol. The van der Waals surface area contributed by atoms with Crippen molar-refractivity contribution >= 4 is 17.6 Å². The summed E-state index contributed by atoms with van der Waals surface area (Å²) in [5.41, 5.74) is 4.32. The molecule has 0 bridgehead atoms. The number of Topliss-reactive ketones (excluding diaryl/α,β-unsaturated/α-hetero) is 1. The summed E-state index contributed by atoms with van der Waals surface area (Å²) in [6, 6.07) is 6.26. The molecule has 2 rings (SSSR count). The Kier molecular flexibility index (Phi) is 6.98. The van der Waals surface area contributed by atoms with Crippen LogP contribution in [-0.4, -0.2) is 33.6 Å². The van der Waals surface area contributed by atoms with Gasteiger partial charge in [-0.1, -0.05) is 6.92 Å². The first-order chi connectivity index (χ1) is 13.7. The number of rotatable bonds is 8. The maximum absolute atomic E-state index is 12.5. The van der Waals surface area contributed by atoms with Gasteiger partial charge in [0.25, 0.3) is 5.56 Å². The van der Waals surface area contributed by atoms with Gasteiger partial charge in [-0.15, -0.1) is 0 Å². The second-order valence-electron chi connectivity index (χ2n) is 6.75. The molecule has 0 spiro atoms. The van der Waals surface area contributed by atoms with Crippen molar-refractivity contribution in [3.63, 3.8) is 0 Å². The fourth-order valence-corrected chi connectivity index (χ4v) is 2.71. The number of hydrogen-bond acceptors (Lipinski definition) is 7. The van der Waals surface area contributed by atoms with Gasteiger partial charge < -0.3 is 15.2 Å². The van der Waals surface area contributed by atoms with E-state index in [1.54, 1.807) is 12.1 Å². The third-order valence-corrected chi connectivity index (χ3v) is 4.11. The van der Waals surface area contributed by atoms with E-state index < -0.39 is 29.6 Å². The molecule has 0 aliphatic carbocycles. The highest BCUT2D eigenvalue weighted by Gasteiger charge is 2.22. The zero-order valence-electron chi connectivity index (χ0n) is 16.9. The number of carbonyl (C=O) groups is 2. The van der Waals surface area contributed by atoms with E-state index in [0.717, 1.165) is 9.13 Å². The average molecular weight is 403 g/mol. The standard InChI is InChI=1S/C20H25N3O6/c1-5-10-23-17(21)16(18(25)22(4)20(23)27)15(24)11-28-19(26)13-6-8-14(9-7-13)29-12(2)3/h6-9,12H,5,10-11,21H2,1-4H3. The summed E-state index contributed by atoms with van der Waals surface area (Å²) in [6.07, 6.45) is 0.580. The van der Waals surface area contributed by atoms with Crippen molar-refractivity contribution in [3.8, 4) is 5.75 Å². The second kappa shape index (κ2) is 9.22.